The maximum Gasteiger partial charge on any atom is 0.247 e. The lowest BCUT2D eigenvalue weighted by Crippen LogP contribution is -2.46. The van der Waals surface area contributed by atoms with E-state index in [2.05, 4.69) is 75.1 Å². The van der Waals surface area contributed by atoms with E-state index in [1.165, 1.54) is 23.0 Å². The maximum absolute atomic E-state index is 11.7. The Morgan fingerprint density at radius 3 is 2.63 bits per heavy atom. The second-order valence-corrected chi connectivity index (χ2v) is 10.1. The molecule has 0 saturated carbocycles. The van der Waals surface area contributed by atoms with Crippen LogP contribution >= 0.6 is 11.3 Å². The number of piperazine rings is 1. The normalized spacial score (nSPS) is 15.2. The van der Waals surface area contributed by atoms with Crippen LogP contribution in [0.5, 0.6) is 11.6 Å². The molecule has 0 spiro atoms. The number of amides is 1. The topological polar surface area (TPSA) is 82.6 Å². The molecule has 196 valence electrons. The highest BCUT2D eigenvalue weighted by Gasteiger charge is 2.21. The van der Waals surface area contributed by atoms with E-state index in [0.29, 0.717) is 29.3 Å². The molecule has 8 nitrogen and oxygen atoms in total. The van der Waals surface area contributed by atoms with Crippen molar-refractivity contribution in [1.82, 2.24) is 19.8 Å². The second-order valence-electron chi connectivity index (χ2n) is 9.20. The molecule has 1 unspecified atom stereocenters. The molecule has 4 aromatic rings. The number of hydrogen-bond acceptors (Lipinski definition) is 8. The predicted octanol–water partition coefficient (Wildman–Crippen LogP) is 6.05. The van der Waals surface area contributed by atoms with E-state index in [1.807, 2.05) is 23.6 Å². The lowest BCUT2D eigenvalue weighted by molar-refractivity contribution is -0.111. The molecule has 2 aromatic carbocycles. The van der Waals surface area contributed by atoms with Gasteiger partial charge in [0.25, 0.3) is 0 Å². The Labute approximate surface area is 227 Å². The van der Waals surface area contributed by atoms with Gasteiger partial charge in [0.2, 0.25) is 17.7 Å². The van der Waals surface area contributed by atoms with Crippen molar-refractivity contribution >= 4 is 44.8 Å². The smallest absolute Gasteiger partial charge is 0.247 e. The number of carbonyl (C=O) groups is 1. The summed E-state index contributed by atoms with van der Waals surface area (Å²) < 4.78 is 7.00. The zero-order chi connectivity index (χ0) is 26.5. The van der Waals surface area contributed by atoms with Gasteiger partial charge in [-0.05, 0) is 60.8 Å². The van der Waals surface area contributed by atoms with Crippen LogP contribution in [0.4, 0.5) is 17.3 Å². The summed E-state index contributed by atoms with van der Waals surface area (Å²) in [5, 5.41) is 8.04. The van der Waals surface area contributed by atoms with Crippen LogP contribution in [-0.2, 0) is 4.79 Å². The number of ether oxygens (including phenoxy) is 1. The fraction of sp³-hybridized carbons (Fsp3) is 0.276. The summed E-state index contributed by atoms with van der Waals surface area (Å²) in [4.78, 5) is 26.1. The monoisotopic (exact) mass is 528 g/mol. The minimum Gasteiger partial charge on any atom is -0.437 e. The largest absolute Gasteiger partial charge is 0.437 e. The molecule has 0 aliphatic carbocycles. The third-order valence-corrected chi connectivity index (χ3v) is 7.72. The molecule has 5 rings (SSSR count). The third kappa shape index (κ3) is 6.02. The molecule has 3 heterocycles. The van der Waals surface area contributed by atoms with Crippen LogP contribution in [0.1, 0.15) is 25.5 Å². The first-order valence-corrected chi connectivity index (χ1v) is 13.7. The van der Waals surface area contributed by atoms with Gasteiger partial charge >= 0.3 is 0 Å². The fourth-order valence-electron chi connectivity index (χ4n) is 4.56. The van der Waals surface area contributed by atoms with Gasteiger partial charge in [0.15, 0.2) is 0 Å². The van der Waals surface area contributed by atoms with Crippen molar-refractivity contribution in [2.75, 3.05) is 43.4 Å². The van der Waals surface area contributed by atoms with Gasteiger partial charge in [0.1, 0.15) is 10.4 Å². The zero-order valence-corrected chi connectivity index (χ0v) is 22.5. The van der Waals surface area contributed by atoms with Crippen LogP contribution in [0.3, 0.4) is 0 Å². The Kier molecular flexibility index (Phi) is 7.97. The van der Waals surface area contributed by atoms with Crippen LogP contribution in [0, 0.1) is 0 Å². The molecule has 1 saturated heterocycles. The van der Waals surface area contributed by atoms with Gasteiger partial charge in [-0.2, -0.15) is 4.98 Å². The van der Waals surface area contributed by atoms with Crippen molar-refractivity contribution < 1.29 is 9.53 Å². The molecule has 2 N–H and O–H groups in total. The average Bonchev–Trinajstić information content (AvgIpc) is 3.42. The SMILES string of the molecule is C=CC(=O)Nc1cccc(Oc2nc(Nc3ccc(C(C)N4CCN(CC)CC4)cc3)nc3ccsc23)c1. The van der Waals surface area contributed by atoms with Crippen molar-refractivity contribution in [3.05, 3.63) is 78.2 Å². The number of fused-ring (bicyclic) bond motifs is 1. The zero-order valence-electron chi connectivity index (χ0n) is 21.7. The molecule has 2 aromatic heterocycles. The first-order valence-electron chi connectivity index (χ1n) is 12.8. The number of likely N-dealkylation sites (N-methyl/N-ethyl adjacent to an activating group) is 1. The van der Waals surface area contributed by atoms with Gasteiger partial charge in [-0.3, -0.25) is 9.69 Å². The van der Waals surface area contributed by atoms with Crippen molar-refractivity contribution in [2.45, 2.75) is 19.9 Å². The number of hydrogen-bond donors (Lipinski definition) is 2. The molecule has 0 radical (unpaired) electrons. The van der Waals surface area contributed by atoms with E-state index >= 15 is 0 Å². The van der Waals surface area contributed by atoms with Crippen LogP contribution < -0.4 is 15.4 Å². The molecule has 38 heavy (non-hydrogen) atoms. The highest BCUT2D eigenvalue weighted by Crippen LogP contribution is 2.34. The molecule has 1 atom stereocenters. The summed E-state index contributed by atoms with van der Waals surface area (Å²) in [5.74, 6) is 1.19. The summed E-state index contributed by atoms with van der Waals surface area (Å²) in [6, 6.07) is 18.0. The van der Waals surface area contributed by atoms with Crippen molar-refractivity contribution in [3.8, 4) is 11.6 Å². The molecule has 1 aliphatic heterocycles. The van der Waals surface area contributed by atoms with Gasteiger partial charge in [0.05, 0.1) is 5.52 Å². The van der Waals surface area contributed by atoms with Crippen molar-refractivity contribution in [3.63, 3.8) is 0 Å². The Morgan fingerprint density at radius 1 is 1.11 bits per heavy atom. The van der Waals surface area contributed by atoms with Crippen molar-refractivity contribution in [1.29, 1.82) is 0 Å². The molecule has 1 amide bonds. The molecule has 0 bridgehead atoms. The standard InChI is InChI=1S/C29H32N6O2S/c1-4-26(36)30-23-7-6-8-24(19-23)37-28-27-25(13-18-38-27)32-29(33-28)31-22-11-9-21(10-12-22)20(3)35-16-14-34(5-2)15-17-35/h4,6-13,18-20H,1,5,14-17H2,2-3H3,(H,30,36)(H,31,32,33). The maximum atomic E-state index is 11.7. The first kappa shape index (κ1) is 25.8. The highest BCUT2D eigenvalue weighted by atomic mass is 32.1. The van der Waals surface area contributed by atoms with Gasteiger partial charge in [-0.15, -0.1) is 11.3 Å². The van der Waals surface area contributed by atoms with Crippen LogP contribution in [0.2, 0.25) is 0 Å². The number of benzene rings is 2. The number of carbonyl (C=O) groups excluding carboxylic acids is 1. The highest BCUT2D eigenvalue weighted by molar-refractivity contribution is 7.17. The number of anilines is 3. The lowest BCUT2D eigenvalue weighted by atomic mass is 10.1. The predicted molar refractivity (Wildman–Crippen MR) is 155 cm³/mol. The number of nitrogens with zero attached hydrogens (tertiary/aromatic N) is 4. The number of thiophene rings is 1. The lowest BCUT2D eigenvalue weighted by Gasteiger charge is -2.37. The summed E-state index contributed by atoms with van der Waals surface area (Å²) in [7, 11) is 0. The molecule has 1 fully saturated rings. The quantitative estimate of drug-likeness (QED) is 0.256. The fourth-order valence-corrected chi connectivity index (χ4v) is 5.31. The van der Waals surface area contributed by atoms with E-state index < -0.39 is 0 Å². The Bertz CT molecular complexity index is 1410. The van der Waals surface area contributed by atoms with E-state index in [9.17, 15) is 4.79 Å². The number of nitrogens with one attached hydrogen (secondary N) is 2. The van der Waals surface area contributed by atoms with Gasteiger partial charge < -0.3 is 20.3 Å². The number of aromatic nitrogens is 2. The van der Waals surface area contributed by atoms with Gasteiger partial charge in [0, 0.05) is 49.7 Å². The molecular weight excluding hydrogens is 496 g/mol. The minimum absolute atomic E-state index is 0.282. The van der Waals surface area contributed by atoms with E-state index in [4.69, 9.17) is 4.74 Å². The van der Waals surface area contributed by atoms with Crippen molar-refractivity contribution in [2.24, 2.45) is 0 Å². The third-order valence-electron chi connectivity index (χ3n) is 6.83. The Hall–Kier alpha value is -3.79. The van der Waals surface area contributed by atoms with Gasteiger partial charge in [-0.1, -0.05) is 31.7 Å². The van der Waals surface area contributed by atoms with Crippen LogP contribution in [0.15, 0.2) is 72.6 Å². The Balaban J connectivity index is 1.30. The molecule has 9 heteroatoms. The first-order chi connectivity index (χ1) is 18.5. The van der Waals surface area contributed by atoms with E-state index in [1.54, 1.807) is 12.1 Å². The molecular formula is C29H32N6O2S. The summed E-state index contributed by atoms with van der Waals surface area (Å²) in [6.45, 7) is 13.6. The number of rotatable bonds is 9. The van der Waals surface area contributed by atoms with Crippen LogP contribution in [0.25, 0.3) is 10.2 Å². The van der Waals surface area contributed by atoms with Crippen LogP contribution in [-0.4, -0.2) is 58.4 Å². The average molecular weight is 529 g/mol. The van der Waals surface area contributed by atoms with E-state index in [-0.39, 0.29) is 5.91 Å². The summed E-state index contributed by atoms with van der Waals surface area (Å²) in [5.41, 5.74) is 3.62. The summed E-state index contributed by atoms with van der Waals surface area (Å²) in [6.07, 6.45) is 1.23. The molecule has 1 aliphatic rings. The Morgan fingerprint density at radius 2 is 1.89 bits per heavy atom. The minimum atomic E-state index is -0.282. The van der Waals surface area contributed by atoms with Gasteiger partial charge in [-0.25, -0.2) is 4.98 Å². The second kappa shape index (κ2) is 11.7. The summed E-state index contributed by atoms with van der Waals surface area (Å²) >= 11 is 1.52. The van der Waals surface area contributed by atoms with E-state index in [0.717, 1.165) is 48.6 Å².